The molecule has 54 heavy (non-hydrogen) atoms. The highest BCUT2D eigenvalue weighted by Gasteiger charge is 2.17. The number of hydrogen-bond donors (Lipinski definition) is 0. The van der Waals surface area contributed by atoms with Crippen LogP contribution in [-0.4, -0.2) is 37.9 Å². The summed E-state index contributed by atoms with van der Waals surface area (Å²) in [7, 11) is 0. The largest absolute Gasteiger partial charge is 0.462 e. The summed E-state index contributed by atoms with van der Waals surface area (Å²) in [5.41, 5.74) is 0. The van der Waals surface area contributed by atoms with Gasteiger partial charge in [0.15, 0.2) is 6.10 Å². The normalized spacial score (nSPS) is 12.9. The monoisotopic (exact) mass is 753 g/mol. The smallest absolute Gasteiger partial charge is 0.306 e. The number of hydrogen-bond acceptors (Lipinski definition) is 5. The Morgan fingerprint density at radius 3 is 1.44 bits per heavy atom. The molecule has 0 N–H and O–H groups in total. The lowest BCUT2D eigenvalue weighted by Crippen LogP contribution is -2.30. The number of allylic oxidation sites excluding steroid dienone is 12. The first-order valence-corrected chi connectivity index (χ1v) is 22.5. The summed E-state index contributed by atoms with van der Waals surface area (Å²) >= 11 is 0. The Morgan fingerprint density at radius 2 is 0.870 bits per heavy atom. The molecule has 0 bridgehead atoms. The first kappa shape index (κ1) is 51.3. The summed E-state index contributed by atoms with van der Waals surface area (Å²) in [5, 5.41) is 0. The minimum atomic E-state index is -0.574. The van der Waals surface area contributed by atoms with Crippen molar-refractivity contribution in [1.29, 1.82) is 0 Å². The fraction of sp³-hybridized carbons (Fsp3) is 0.714. The molecule has 0 aliphatic rings. The van der Waals surface area contributed by atoms with E-state index in [1.165, 1.54) is 96.3 Å². The van der Waals surface area contributed by atoms with Gasteiger partial charge >= 0.3 is 11.9 Å². The van der Waals surface area contributed by atoms with Gasteiger partial charge in [0.05, 0.1) is 6.61 Å². The molecule has 0 rings (SSSR count). The van der Waals surface area contributed by atoms with Crippen molar-refractivity contribution in [3.8, 4) is 0 Å². The molecule has 0 saturated carbocycles. The van der Waals surface area contributed by atoms with Crippen molar-refractivity contribution in [3.63, 3.8) is 0 Å². The van der Waals surface area contributed by atoms with Crippen molar-refractivity contribution in [1.82, 2.24) is 0 Å². The van der Waals surface area contributed by atoms with Crippen LogP contribution in [0.1, 0.15) is 201 Å². The molecule has 0 amide bonds. The van der Waals surface area contributed by atoms with Crippen molar-refractivity contribution >= 4 is 11.9 Å². The maximum atomic E-state index is 12.6. The number of ether oxygens (including phenoxy) is 3. The van der Waals surface area contributed by atoms with Gasteiger partial charge in [-0.1, -0.05) is 184 Å². The molecule has 0 saturated heterocycles. The van der Waals surface area contributed by atoms with Crippen LogP contribution in [0.2, 0.25) is 0 Å². The van der Waals surface area contributed by atoms with Crippen molar-refractivity contribution in [2.45, 2.75) is 207 Å². The van der Waals surface area contributed by atoms with E-state index in [4.69, 9.17) is 14.2 Å². The van der Waals surface area contributed by atoms with E-state index < -0.39 is 6.10 Å². The summed E-state index contributed by atoms with van der Waals surface area (Å²) < 4.78 is 17.2. The van der Waals surface area contributed by atoms with Crippen LogP contribution < -0.4 is 0 Å². The Kier molecular flexibility index (Phi) is 42.5. The maximum absolute atomic E-state index is 12.6. The maximum Gasteiger partial charge on any atom is 0.306 e. The molecule has 0 spiro atoms. The van der Waals surface area contributed by atoms with Gasteiger partial charge in [-0.2, -0.15) is 0 Å². The zero-order chi connectivity index (χ0) is 39.3. The van der Waals surface area contributed by atoms with Crippen LogP contribution >= 0.6 is 0 Å². The molecule has 310 valence electrons. The van der Waals surface area contributed by atoms with E-state index in [2.05, 4.69) is 87.6 Å². The predicted octanol–water partition coefficient (Wildman–Crippen LogP) is 14.8. The Bertz CT molecular complexity index is 988. The highest BCUT2D eigenvalue weighted by atomic mass is 16.6. The van der Waals surface area contributed by atoms with Crippen LogP contribution in [0.4, 0.5) is 0 Å². The molecule has 0 aromatic heterocycles. The molecule has 5 heteroatoms. The van der Waals surface area contributed by atoms with Gasteiger partial charge in [-0.05, 0) is 77.0 Å². The molecule has 0 aromatic rings. The third-order valence-electron chi connectivity index (χ3n) is 9.24. The first-order valence-electron chi connectivity index (χ1n) is 22.5. The van der Waals surface area contributed by atoms with E-state index in [-0.39, 0.29) is 25.2 Å². The van der Waals surface area contributed by atoms with E-state index in [1.807, 2.05) is 6.08 Å². The van der Waals surface area contributed by atoms with Crippen LogP contribution in [-0.2, 0) is 23.8 Å². The first-order chi connectivity index (χ1) is 26.6. The lowest BCUT2D eigenvalue weighted by Gasteiger charge is -2.18. The van der Waals surface area contributed by atoms with Crippen LogP contribution in [0.5, 0.6) is 0 Å². The Balaban J connectivity index is 4.29. The van der Waals surface area contributed by atoms with Gasteiger partial charge in [-0.15, -0.1) is 0 Å². The van der Waals surface area contributed by atoms with Crippen LogP contribution in [0.3, 0.4) is 0 Å². The van der Waals surface area contributed by atoms with Gasteiger partial charge in [0.1, 0.15) is 6.61 Å². The lowest BCUT2D eigenvalue weighted by atomic mass is 10.1. The zero-order valence-electron chi connectivity index (χ0n) is 35.5. The van der Waals surface area contributed by atoms with Crippen LogP contribution in [0.15, 0.2) is 72.9 Å². The molecule has 0 aromatic carbocycles. The molecule has 0 heterocycles. The van der Waals surface area contributed by atoms with Crippen molar-refractivity contribution < 1.29 is 23.8 Å². The van der Waals surface area contributed by atoms with Crippen LogP contribution in [0.25, 0.3) is 0 Å². The topological polar surface area (TPSA) is 61.8 Å². The summed E-state index contributed by atoms with van der Waals surface area (Å²) in [4.78, 5) is 25.2. The number of carbonyl (C=O) groups is 2. The Hall–Kier alpha value is -2.66. The molecule has 0 fully saturated rings. The van der Waals surface area contributed by atoms with Gasteiger partial charge in [-0.25, -0.2) is 0 Å². The molecule has 0 aliphatic carbocycles. The summed E-state index contributed by atoms with van der Waals surface area (Å²) in [6, 6.07) is 0. The number of unbranched alkanes of at least 4 members (excludes halogenated alkanes) is 17. The minimum Gasteiger partial charge on any atom is -0.462 e. The molecule has 1 atom stereocenters. The molecule has 1 unspecified atom stereocenters. The number of esters is 2. The molecule has 5 nitrogen and oxygen atoms in total. The van der Waals surface area contributed by atoms with Crippen LogP contribution in [0, 0.1) is 0 Å². The average Bonchev–Trinajstić information content (AvgIpc) is 3.17. The second-order valence-corrected chi connectivity index (χ2v) is 14.6. The molecular formula is C49H84O5. The highest BCUT2D eigenvalue weighted by molar-refractivity contribution is 5.70. The Morgan fingerprint density at radius 1 is 0.426 bits per heavy atom. The number of rotatable bonds is 40. The highest BCUT2D eigenvalue weighted by Crippen LogP contribution is 2.12. The summed E-state index contributed by atoms with van der Waals surface area (Å²) in [6.07, 6.45) is 56.3. The van der Waals surface area contributed by atoms with E-state index in [1.54, 1.807) is 0 Å². The third kappa shape index (κ3) is 42.1. The second-order valence-electron chi connectivity index (χ2n) is 14.6. The lowest BCUT2D eigenvalue weighted by molar-refractivity contribution is -0.162. The van der Waals surface area contributed by atoms with E-state index in [9.17, 15) is 9.59 Å². The van der Waals surface area contributed by atoms with Gasteiger partial charge in [0.25, 0.3) is 0 Å². The fourth-order valence-corrected chi connectivity index (χ4v) is 5.90. The van der Waals surface area contributed by atoms with Crippen molar-refractivity contribution in [2.75, 3.05) is 19.8 Å². The third-order valence-corrected chi connectivity index (χ3v) is 9.24. The standard InChI is InChI=1S/C49H84O5/c1-4-7-10-13-16-19-21-23-24-25-26-28-29-31-33-36-39-42-48(50)53-46-47(45-52-44-41-38-35-18-15-12-9-6-3)54-49(51)43-40-37-34-32-30-27-22-20-17-14-11-8-5-2/h8,11,16-17,19-20,23-24,27,30,34,37,47H,4-7,9-10,12-15,18,21-22,25-26,28-29,31-33,35-36,38-46H2,1-3H3/b11-8-,19-16-,20-17-,24-23-,30-27-,37-34-. The predicted molar refractivity (Wildman–Crippen MR) is 233 cm³/mol. The zero-order valence-corrected chi connectivity index (χ0v) is 35.5. The number of carbonyl (C=O) groups excluding carboxylic acids is 2. The van der Waals surface area contributed by atoms with Gasteiger partial charge < -0.3 is 14.2 Å². The van der Waals surface area contributed by atoms with E-state index in [0.717, 1.165) is 64.2 Å². The molecular weight excluding hydrogens is 669 g/mol. The van der Waals surface area contributed by atoms with E-state index >= 15 is 0 Å². The Labute approximate surface area is 334 Å². The van der Waals surface area contributed by atoms with Crippen molar-refractivity contribution in [2.24, 2.45) is 0 Å². The fourth-order valence-electron chi connectivity index (χ4n) is 5.90. The van der Waals surface area contributed by atoms with Gasteiger partial charge in [0.2, 0.25) is 0 Å². The molecule has 0 aliphatic heterocycles. The summed E-state index contributed by atoms with van der Waals surface area (Å²) in [6.45, 7) is 7.57. The van der Waals surface area contributed by atoms with Gasteiger partial charge in [-0.3, -0.25) is 9.59 Å². The van der Waals surface area contributed by atoms with Gasteiger partial charge in [0, 0.05) is 19.4 Å². The van der Waals surface area contributed by atoms with E-state index in [0.29, 0.717) is 25.9 Å². The second kappa shape index (κ2) is 44.7. The van der Waals surface area contributed by atoms with Crippen molar-refractivity contribution in [3.05, 3.63) is 72.9 Å². The average molecular weight is 753 g/mol. The minimum absolute atomic E-state index is 0.0513. The SMILES string of the molecule is CC/C=C\C/C=C\C/C=C\C/C=C\CCC(=O)OC(COCCCCCCCCCC)COC(=O)CCCCCCCCC/C=C\C/C=C\CCCCC. The quantitative estimate of drug-likeness (QED) is 0.0354. The summed E-state index contributed by atoms with van der Waals surface area (Å²) in [5.74, 6) is -0.503. The molecule has 0 radical (unpaired) electrons.